The predicted molar refractivity (Wildman–Crippen MR) is 91.1 cm³/mol. The van der Waals surface area contributed by atoms with Gasteiger partial charge in [-0.05, 0) is 26.8 Å². The molecule has 0 unspecified atom stereocenters. The third-order valence-electron chi connectivity index (χ3n) is 3.24. The molecule has 0 aliphatic rings. The maximum absolute atomic E-state index is 12.6. The lowest BCUT2D eigenvalue weighted by Gasteiger charge is -2.22. The van der Waals surface area contributed by atoms with Crippen LogP contribution in [0.2, 0.25) is 5.02 Å². The maximum atomic E-state index is 12.6. The monoisotopic (exact) mass is 392 g/mol. The predicted octanol–water partition coefficient (Wildman–Crippen LogP) is 3.27. The fourth-order valence-electron chi connectivity index (χ4n) is 1.93. The highest BCUT2D eigenvalue weighted by Gasteiger charge is 2.33. The minimum Gasteiger partial charge on any atom is -0.474 e. The number of aromatic amines is 1. The number of ether oxygens (including phenoxy) is 1. The third kappa shape index (κ3) is 5.86. The number of H-pyrrole nitrogens is 1. The molecule has 0 spiro atoms. The number of pyridine rings is 1. The molecular formula is C16H20ClF3N4O2. The summed E-state index contributed by atoms with van der Waals surface area (Å²) in [7, 11) is 0. The van der Waals surface area contributed by atoms with E-state index in [-0.39, 0.29) is 34.4 Å². The molecule has 26 heavy (non-hydrogen) atoms. The number of alkyl halides is 3. The van der Waals surface area contributed by atoms with E-state index in [4.69, 9.17) is 16.3 Å². The zero-order valence-electron chi connectivity index (χ0n) is 14.5. The molecule has 0 aliphatic heterocycles. The fourth-order valence-corrected chi connectivity index (χ4v) is 2.15. The number of rotatable bonds is 6. The molecule has 0 fully saturated rings. The lowest BCUT2D eigenvalue weighted by Crippen LogP contribution is -2.42. The molecule has 0 aromatic carbocycles. The topological polar surface area (TPSA) is 83.1 Å². The van der Waals surface area contributed by atoms with Crippen LogP contribution in [0, 0.1) is 0 Å². The minimum atomic E-state index is -4.51. The van der Waals surface area contributed by atoms with E-state index >= 15 is 0 Å². The highest BCUT2D eigenvalue weighted by Crippen LogP contribution is 2.31. The number of aliphatic hydroxyl groups is 1. The van der Waals surface area contributed by atoms with E-state index in [0.29, 0.717) is 12.7 Å². The largest absolute Gasteiger partial charge is 0.474 e. The van der Waals surface area contributed by atoms with Gasteiger partial charge in [-0.2, -0.15) is 13.2 Å². The van der Waals surface area contributed by atoms with Gasteiger partial charge in [0.05, 0.1) is 6.20 Å². The molecule has 1 atom stereocenters. The van der Waals surface area contributed by atoms with Crippen LogP contribution < -0.4 is 10.1 Å². The molecule has 6 nitrogen and oxygen atoms in total. The van der Waals surface area contributed by atoms with Crippen LogP contribution in [0.4, 0.5) is 13.2 Å². The molecule has 10 heteroatoms. The Morgan fingerprint density at radius 1 is 1.27 bits per heavy atom. The number of hydrogen-bond donors (Lipinski definition) is 3. The number of aliphatic hydroxyl groups excluding tert-OH is 1. The van der Waals surface area contributed by atoms with Gasteiger partial charge in [-0.15, -0.1) is 0 Å². The Morgan fingerprint density at radius 3 is 2.50 bits per heavy atom. The van der Waals surface area contributed by atoms with Crippen molar-refractivity contribution in [2.45, 2.75) is 38.6 Å². The van der Waals surface area contributed by atoms with Gasteiger partial charge in [-0.3, -0.25) is 0 Å². The van der Waals surface area contributed by atoms with Crippen molar-refractivity contribution in [3.05, 3.63) is 29.2 Å². The van der Waals surface area contributed by atoms with Crippen LogP contribution in [0.3, 0.4) is 0 Å². The molecule has 0 saturated heterocycles. The summed E-state index contributed by atoms with van der Waals surface area (Å²) >= 11 is 6.06. The zero-order chi connectivity index (χ0) is 19.5. The van der Waals surface area contributed by atoms with Crippen LogP contribution in [-0.2, 0) is 6.18 Å². The summed E-state index contributed by atoms with van der Waals surface area (Å²) in [5.74, 6) is 0.0699. The van der Waals surface area contributed by atoms with Crippen molar-refractivity contribution in [3.8, 4) is 17.3 Å². The van der Waals surface area contributed by atoms with Gasteiger partial charge in [0.1, 0.15) is 29.3 Å². The van der Waals surface area contributed by atoms with Crippen LogP contribution >= 0.6 is 11.6 Å². The Labute approximate surface area is 153 Å². The van der Waals surface area contributed by atoms with E-state index in [1.807, 2.05) is 20.8 Å². The summed E-state index contributed by atoms with van der Waals surface area (Å²) in [6.45, 7) is 6.20. The van der Waals surface area contributed by atoms with E-state index in [1.54, 1.807) is 0 Å². The normalized spacial score (nSPS) is 13.7. The second-order valence-electron chi connectivity index (χ2n) is 6.75. The molecule has 2 heterocycles. The molecule has 0 saturated carbocycles. The summed E-state index contributed by atoms with van der Waals surface area (Å²) in [5, 5.41) is 13.1. The second-order valence-corrected chi connectivity index (χ2v) is 7.16. The van der Waals surface area contributed by atoms with Crippen molar-refractivity contribution >= 4 is 11.6 Å². The first kappa shape index (κ1) is 20.5. The molecule has 2 aromatic heterocycles. The molecular weight excluding hydrogens is 373 g/mol. The zero-order valence-corrected chi connectivity index (χ0v) is 15.2. The van der Waals surface area contributed by atoms with Crippen LogP contribution in [0.1, 0.15) is 26.5 Å². The molecule has 0 bridgehead atoms. The molecule has 3 N–H and O–H groups in total. The summed E-state index contributed by atoms with van der Waals surface area (Å²) < 4.78 is 43.2. The summed E-state index contributed by atoms with van der Waals surface area (Å²) in [5.41, 5.74) is -0.817. The van der Waals surface area contributed by atoms with Crippen LogP contribution in [0.15, 0.2) is 18.5 Å². The number of β-amino-alcohol motifs (C(OH)–C–C–N with tert-alkyl or cyclic N) is 1. The smallest absolute Gasteiger partial charge is 0.432 e. The van der Waals surface area contributed by atoms with Crippen LogP contribution in [0.25, 0.3) is 11.4 Å². The average Bonchev–Trinajstić information content (AvgIpc) is 3.01. The van der Waals surface area contributed by atoms with E-state index in [2.05, 4.69) is 20.3 Å². The molecule has 144 valence electrons. The van der Waals surface area contributed by atoms with Crippen molar-refractivity contribution in [2.75, 3.05) is 13.2 Å². The molecule has 0 amide bonds. The average molecular weight is 393 g/mol. The highest BCUT2D eigenvalue weighted by atomic mass is 35.5. The standard InChI is InChI=1S/C16H20ClF3N4O2/c1-15(2,3)23-6-10(25)8-26-14-11(17)4-9(5-22-14)13-21-7-12(24-13)16(18,19)20/h4-5,7,10,23,25H,6,8H2,1-3H3,(H,21,24)/t10-/m0/s1. The van der Waals surface area contributed by atoms with Gasteiger partial charge in [0.15, 0.2) is 0 Å². The second kappa shape index (κ2) is 7.81. The van der Waals surface area contributed by atoms with Gasteiger partial charge < -0.3 is 20.1 Å². The Kier molecular flexibility index (Phi) is 6.15. The minimum absolute atomic E-state index is 0.00677. The lowest BCUT2D eigenvalue weighted by molar-refractivity contribution is -0.140. The van der Waals surface area contributed by atoms with Crippen molar-refractivity contribution < 1.29 is 23.0 Å². The Morgan fingerprint density at radius 2 is 1.96 bits per heavy atom. The number of aromatic nitrogens is 3. The SMILES string of the molecule is CC(C)(C)NC[C@H](O)COc1ncc(-c2ncc(C(F)(F)F)[nH]2)cc1Cl. The van der Waals surface area contributed by atoms with Gasteiger partial charge in [-0.25, -0.2) is 9.97 Å². The summed E-state index contributed by atoms with van der Waals surface area (Å²) in [6.07, 6.45) is -3.29. The Hall–Kier alpha value is -1.84. The quantitative estimate of drug-likeness (QED) is 0.702. The fraction of sp³-hybridized carbons (Fsp3) is 0.500. The van der Waals surface area contributed by atoms with E-state index in [0.717, 1.165) is 0 Å². The van der Waals surface area contributed by atoms with Crippen LogP contribution in [0.5, 0.6) is 5.88 Å². The van der Waals surface area contributed by atoms with Gasteiger partial charge >= 0.3 is 6.18 Å². The summed E-state index contributed by atoms with van der Waals surface area (Å²) in [6, 6.07) is 1.39. The summed E-state index contributed by atoms with van der Waals surface area (Å²) in [4.78, 5) is 9.84. The van der Waals surface area contributed by atoms with Crippen molar-refractivity contribution in [1.82, 2.24) is 20.3 Å². The maximum Gasteiger partial charge on any atom is 0.432 e. The molecule has 2 aromatic rings. The Bertz CT molecular complexity index is 744. The van der Waals surface area contributed by atoms with E-state index < -0.39 is 18.0 Å². The first-order chi connectivity index (χ1) is 12.0. The van der Waals surface area contributed by atoms with E-state index in [9.17, 15) is 18.3 Å². The number of hydrogen-bond acceptors (Lipinski definition) is 5. The Balaban J connectivity index is 2.00. The third-order valence-corrected chi connectivity index (χ3v) is 3.51. The number of imidazole rings is 1. The van der Waals surface area contributed by atoms with Crippen molar-refractivity contribution in [1.29, 1.82) is 0 Å². The first-order valence-corrected chi connectivity index (χ1v) is 8.17. The number of nitrogens with one attached hydrogen (secondary N) is 2. The van der Waals surface area contributed by atoms with Gasteiger partial charge in [0, 0.05) is 23.8 Å². The number of halogens is 4. The number of nitrogens with zero attached hydrogens (tertiary/aromatic N) is 2. The highest BCUT2D eigenvalue weighted by molar-refractivity contribution is 6.32. The van der Waals surface area contributed by atoms with Crippen LogP contribution in [-0.4, -0.2) is 44.9 Å². The molecule has 0 radical (unpaired) electrons. The first-order valence-electron chi connectivity index (χ1n) is 7.80. The van der Waals surface area contributed by atoms with Gasteiger partial charge in [0.2, 0.25) is 5.88 Å². The van der Waals surface area contributed by atoms with E-state index in [1.165, 1.54) is 12.3 Å². The van der Waals surface area contributed by atoms with Crippen molar-refractivity contribution in [3.63, 3.8) is 0 Å². The lowest BCUT2D eigenvalue weighted by atomic mass is 10.1. The van der Waals surface area contributed by atoms with Crippen molar-refractivity contribution in [2.24, 2.45) is 0 Å². The molecule has 0 aliphatic carbocycles. The van der Waals surface area contributed by atoms with Gasteiger partial charge in [-0.1, -0.05) is 11.6 Å². The molecule has 2 rings (SSSR count). The van der Waals surface area contributed by atoms with Gasteiger partial charge in [0.25, 0.3) is 0 Å².